The highest BCUT2D eigenvalue weighted by molar-refractivity contribution is 5.89. The summed E-state index contributed by atoms with van der Waals surface area (Å²) in [7, 11) is 0. The molecule has 0 unspecified atom stereocenters. The van der Waals surface area contributed by atoms with Crippen LogP contribution in [0.4, 0.5) is 0 Å². The standard InChI is InChI=1S/C14H18N2O2/c17-14(18)12-8-16-13(9-3-1-2-4-9)11-7-15-6-5-10(11)12/h8-9,15H,1-7H2,(H,17,18). The predicted molar refractivity (Wildman–Crippen MR) is 67.8 cm³/mol. The Bertz CT molecular complexity index is 479. The molecule has 1 aliphatic carbocycles. The van der Waals surface area contributed by atoms with Crippen molar-refractivity contribution in [3.8, 4) is 0 Å². The van der Waals surface area contributed by atoms with Gasteiger partial charge in [0.15, 0.2) is 0 Å². The van der Waals surface area contributed by atoms with Crippen molar-refractivity contribution in [1.29, 1.82) is 0 Å². The molecule has 0 spiro atoms. The first-order chi connectivity index (χ1) is 8.77. The molecule has 0 atom stereocenters. The van der Waals surface area contributed by atoms with Gasteiger partial charge in [-0.15, -0.1) is 0 Å². The van der Waals surface area contributed by atoms with Crippen molar-refractivity contribution in [1.82, 2.24) is 10.3 Å². The molecule has 0 radical (unpaired) electrons. The van der Waals surface area contributed by atoms with Gasteiger partial charge in [0.2, 0.25) is 0 Å². The first kappa shape index (κ1) is 11.7. The number of carbonyl (C=O) groups is 1. The van der Waals surface area contributed by atoms with Crippen molar-refractivity contribution in [2.45, 2.75) is 44.6 Å². The summed E-state index contributed by atoms with van der Waals surface area (Å²) >= 11 is 0. The molecule has 1 aromatic heterocycles. The Morgan fingerprint density at radius 3 is 2.83 bits per heavy atom. The van der Waals surface area contributed by atoms with Crippen LogP contribution < -0.4 is 5.32 Å². The third-order valence-electron chi connectivity index (χ3n) is 4.16. The summed E-state index contributed by atoms with van der Waals surface area (Å²) in [5, 5.41) is 12.6. The minimum absolute atomic E-state index is 0.397. The number of pyridine rings is 1. The van der Waals surface area contributed by atoms with E-state index in [9.17, 15) is 9.90 Å². The Hall–Kier alpha value is -1.42. The normalized spacial score (nSPS) is 19.8. The fourth-order valence-electron chi connectivity index (χ4n) is 3.25. The van der Waals surface area contributed by atoms with E-state index in [-0.39, 0.29) is 0 Å². The first-order valence-electron chi connectivity index (χ1n) is 6.72. The quantitative estimate of drug-likeness (QED) is 0.838. The van der Waals surface area contributed by atoms with E-state index in [1.165, 1.54) is 25.7 Å². The summed E-state index contributed by atoms with van der Waals surface area (Å²) in [6, 6.07) is 0. The fraction of sp³-hybridized carbons (Fsp3) is 0.571. The van der Waals surface area contributed by atoms with E-state index < -0.39 is 5.97 Å². The molecule has 2 heterocycles. The lowest BCUT2D eigenvalue weighted by molar-refractivity contribution is 0.0695. The lowest BCUT2D eigenvalue weighted by Crippen LogP contribution is -2.28. The van der Waals surface area contributed by atoms with Crippen LogP contribution in [0.3, 0.4) is 0 Å². The second kappa shape index (κ2) is 4.69. The summed E-state index contributed by atoms with van der Waals surface area (Å²) < 4.78 is 0. The van der Waals surface area contributed by atoms with Gasteiger partial charge in [0.1, 0.15) is 0 Å². The van der Waals surface area contributed by atoms with E-state index in [0.29, 0.717) is 11.5 Å². The van der Waals surface area contributed by atoms with Crippen molar-refractivity contribution < 1.29 is 9.90 Å². The molecule has 4 nitrogen and oxygen atoms in total. The highest BCUT2D eigenvalue weighted by Crippen LogP contribution is 2.36. The van der Waals surface area contributed by atoms with E-state index in [1.54, 1.807) is 6.20 Å². The molecule has 1 aromatic rings. The molecule has 0 saturated heterocycles. The lowest BCUT2D eigenvalue weighted by Gasteiger charge is -2.23. The van der Waals surface area contributed by atoms with Crippen molar-refractivity contribution in [3.05, 3.63) is 28.6 Å². The van der Waals surface area contributed by atoms with Gasteiger partial charge < -0.3 is 10.4 Å². The second-order valence-electron chi connectivity index (χ2n) is 5.23. The van der Waals surface area contributed by atoms with Gasteiger partial charge in [-0.05, 0) is 36.9 Å². The number of nitrogens with zero attached hydrogens (tertiary/aromatic N) is 1. The van der Waals surface area contributed by atoms with E-state index in [2.05, 4.69) is 10.3 Å². The Kier molecular flexibility index (Phi) is 3.04. The van der Waals surface area contributed by atoms with Crippen LogP contribution in [0.2, 0.25) is 0 Å². The van der Waals surface area contributed by atoms with Gasteiger partial charge in [0.05, 0.1) is 5.56 Å². The average molecular weight is 246 g/mol. The summed E-state index contributed by atoms with van der Waals surface area (Å²) in [4.78, 5) is 15.7. The van der Waals surface area contributed by atoms with E-state index >= 15 is 0 Å². The van der Waals surface area contributed by atoms with Gasteiger partial charge in [0.25, 0.3) is 0 Å². The fourth-order valence-corrected chi connectivity index (χ4v) is 3.25. The highest BCUT2D eigenvalue weighted by atomic mass is 16.4. The number of hydrogen-bond donors (Lipinski definition) is 2. The number of fused-ring (bicyclic) bond motifs is 1. The Morgan fingerprint density at radius 1 is 1.33 bits per heavy atom. The van der Waals surface area contributed by atoms with Gasteiger partial charge in [-0.3, -0.25) is 4.98 Å². The minimum Gasteiger partial charge on any atom is -0.478 e. The monoisotopic (exact) mass is 246 g/mol. The van der Waals surface area contributed by atoms with Crippen molar-refractivity contribution in [3.63, 3.8) is 0 Å². The Morgan fingerprint density at radius 2 is 2.11 bits per heavy atom. The van der Waals surface area contributed by atoms with Crippen LogP contribution in [0, 0.1) is 0 Å². The van der Waals surface area contributed by atoms with Crippen LogP contribution in [0.25, 0.3) is 0 Å². The lowest BCUT2D eigenvalue weighted by atomic mass is 9.90. The Labute approximate surface area is 106 Å². The van der Waals surface area contributed by atoms with E-state index in [1.807, 2.05) is 0 Å². The third-order valence-corrected chi connectivity index (χ3v) is 4.16. The summed E-state index contributed by atoms with van der Waals surface area (Å²) in [6.45, 7) is 1.64. The number of aromatic carboxylic acids is 1. The van der Waals surface area contributed by atoms with E-state index in [0.717, 1.165) is 36.3 Å². The number of rotatable bonds is 2. The van der Waals surface area contributed by atoms with Crippen LogP contribution in [0.15, 0.2) is 6.20 Å². The zero-order chi connectivity index (χ0) is 12.5. The smallest absolute Gasteiger partial charge is 0.337 e. The van der Waals surface area contributed by atoms with Gasteiger partial charge in [-0.25, -0.2) is 4.79 Å². The molecule has 0 aromatic carbocycles. The Balaban J connectivity index is 2.08. The molecule has 4 heteroatoms. The number of hydrogen-bond acceptors (Lipinski definition) is 3. The van der Waals surface area contributed by atoms with Crippen LogP contribution in [-0.4, -0.2) is 22.6 Å². The molecule has 1 saturated carbocycles. The van der Waals surface area contributed by atoms with Crippen LogP contribution in [-0.2, 0) is 13.0 Å². The maximum Gasteiger partial charge on any atom is 0.337 e. The van der Waals surface area contributed by atoms with Gasteiger partial charge in [-0.2, -0.15) is 0 Å². The van der Waals surface area contributed by atoms with Gasteiger partial charge in [0, 0.05) is 24.4 Å². The summed E-state index contributed by atoms with van der Waals surface area (Å²) in [5.74, 6) is -0.305. The van der Waals surface area contributed by atoms with Crippen LogP contribution in [0.1, 0.15) is 58.8 Å². The molecule has 18 heavy (non-hydrogen) atoms. The summed E-state index contributed by atoms with van der Waals surface area (Å²) in [5.41, 5.74) is 3.72. The zero-order valence-corrected chi connectivity index (χ0v) is 10.4. The second-order valence-corrected chi connectivity index (χ2v) is 5.23. The number of aromatic nitrogens is 1. The molecule has 0 amide bonds. The number of nitrogens with one attached hydrogen (secondary N) is 1. The van der Waals surface area contributed by atoms with Crippen molar-refractivity contribution in [2.75, 3.05) is 6.54 Å². The number of carboxylic acids is 1. The molecule has 96 valence electrons. The molecule has 0 bridgehead atoms. The predicted octanol–water partition coefficient (Wildman–Crippen LogP) is 2.08. The van der Waals surface area contributed by atoms with E-state index in [4.69, 9.17) is 0 Å². The van der Waals surface area contributed by atoms with Gasteiger partial charge >= 0.3 is 5.97 Å². The average Bonchev–Trinajstić information content (AvgIpc) is 2.91. The summed E-state index contributed by atoms with van der Waals surface area (Å²) in [6.07, 6.45) is 7.32. The molecule has 1 fully saturated rings. The molecular weight excluding hydrogens is 228 g/mol. The maximum atomic E-state index is 11.2. The highest BCUT2D eigenvalue weighted by Gasteiger charge is 2.26. The molecule has 3 rings (SSSR count). The molecular formula is C14H18N2O2. The molecule has 2 N–H and O–H groups in total. The van der Waals surface area contributed by atoms with Gasteiger partial charge in [-0.1, -0.05) is 12.8 Å². The third kappa shape index (κ3) is 1.90. The minimum atomic E-state index is -0.848. The largest absolute Gasteiger partial charge is 0.478 e. The number of carboxylic acid groups (broad SMARTS) is 1. The molecule has 1 aliphatic heterocycles. The van der Waals surface area contributed by atoms with Crippen LogP contribution >= 0.6 is 0 Å². The zero-order valence-electron chi connectivity index (χ0n) is 10.4. The van der Waals surface area contributed by atoms with Crippen molar-refractivity contribution >= 4 is 5.97 Å². The van der Waals surface area contributed by atoms with Crippen molar-refractivity contribution in [2.24, 2.45) is 0 Å². The van der Waals surface area contributed by atoms with Crippen LogP contribution in [0.5, 0.6) is 0 Å². The molecule has 2 aliphatic rings. The maximum absolute atomic E-state index is 11.2. The first-order valence-corrected chi connectivity index (χ1v) is 6.72. The topological polar surface area (TPSA) is 62.2 Å². The SMILES string of the molecule is O=C(O)c1cnc(C2CCCC2)c2c1CCNC2.